The minimum Gasteiger partial charge on any atom is -0.482 e. The van der Waals surface area contributed by atoms with Crippen molar-refractivity contribution in [1.82, 2.24) is 4.57 Å². The van der Waals surface area contributed by atoms with E-state index in [2.05, 4.69) is 0 Å². The van der Waals surface area contributed by atoms with E-state index < -0.39 is 29.1 Å². The zero-order valence-electron chi connectivity index (χ0n) is 13.2. The first kappa shape index (κ1) is 16.3. The summed E-state index contributed by atoms with van der Waals surface area (Å²) in [4.78, 5) is 11.9. The van der Waals surface area contributed by atoms with Gasteiger partial charge in [0.2, 0.25) is 0 Å². The highest BCUT2D eigenvalue weighted by Gasteiger charge is 2.24. The maximum atomic E-state index is 14.5. The molecule has 0 aliphatic rings. The van der Waals surface area contributed by atoms with Gasteiger partial charge in [-0.1, -0.05) is 0 Å². The predicted molar refractivity (Wildman–Crippen MR) is 79.3 cm³/mol. The van der Waals surface area contributed by atoms with Crippen LogP contribution in [0.4, 0.5) is 13.6 Å². The molecule has 0 aliphatic heterocycles. The van der Waals surface area contributed by atoms with Gasteiger partial charge in [0, 0.05) is 17.6 Å². The van der Waals surface area contributed by atoms with Crippen molar-refractivity contribution in [2.75, 3.05) is 0 Å². The zero-order valence-corrected chi connectivity index (χ0v) is 13.2. The molecule has 1 aromatic heterocycles. The van der Waals surface area contributed by atoms with E-state index in [4.69, 9.17) is 9.47 Å². The van der Waals surface area contributed by atoms with Gasteiger partial charge >= 0.3 is 6.09 Å². The molecule has 0 spiro atoms. The number of halogens is 2. The molecular formula is C16H19F2NO3. The second-order valence-electron chi connectivity index (χ2n) is 6.27. The Morgan fingerprint density at radius 2 is 1.91 bits per heavy atom. The third kappa shape index (κ3) is 3.21. The fourth-order valence-electron chi connectivity index (χ4n) is 2.01. The highest BCUT2D eigenvalue weighted by atomic mass is 19.1. The van der Waals surface area contributed by atoms with Crippen molar-refractivity contribution >= 4 is 17.0 Å². The smallest absolute Gasteiger partial charge is 0.418 e. The van der Waals surface area contributed by atoms with Crippen LogP contribution < -0.4 is 4.74 Å². The minimum absolute atomic E-state index is 0.0985. The van der Waals surface area contributed by atoms with E-state index in [0.717, 1.165) is 10.6 Å². The molecule has 0 fully saturated rings. The van der Waals surface area contributed by atoms with Gasteiger partial charge in [-0.2, -0.15) is 0 Å². The highest BCUT2D eigenvalue weighted by molar-refractivity contribution is 5.90. The summed E-state index contributed by atoms with van der Waals surface area (Å²) in [5.41, 5.74) is -0.643. The lowest BCUT2D eigenvalue weighted by Gasteiger charge is -2.22. The van der Waals surface area contributed by atoms with Crippen LogP contribution in [0.25, 0.3) is 10.9 Å². The van der Waals surface area contributed by atoms with Crippen molar-refractivity contribution in [3.63, 3.8) is 0 Å². The maximum Gasteiger partial charge on any atom is 0.418 e. The van der Waals surface area contributed by atoms with Crippen LogP contribution in [0.3, 0.4) is 0 Å². The van der Waals surface area contributed by atoms with Gasteiger partial charge in [-0.05, 0) is 40.7 Å². The Labute approximate surface area is 127 Å². The topological polar surface area (TPSA) is 40.5 Å². The fourth-order valence-corrected chi connectivity index (χ4v) is 2.01. The van der Waals surface area contributed by atoms with Crippen molar-refractivity contribution < 1.29 is 23.0 Å². The van der Waals surface area contributed by atoms with Gasteiger partial charge in [-0.15, -0.1) is 0 Å². The normalized spacial score (nSPS) is 12.0. The standard InChI is InChI=1S/C16H19F2NO3/c1-9(2)21-15(20)19-7-6-10-12(19)8-11(17)14(13(10)18)22-16(3,4)5/h6-9H,1-5H3. The van der Waals surface area contributed by atoms with Crippen molar-refractivity contribution in [2.45, 2.75) is 46.3 Å². The lowest BCUT2D eigenvalue weighted by atomic mass is 10.1. The Morgan fingerprint density at radius 1 is 1.27 bits per heavy atom. The molecular weight excluding hydrogens is 292 g/mol. The van der Waals surface area contributed by atoms with E-state index in [1.807, 2.05) is 0 Å². The van der Waals surface area contributed by atoms with Crippen LogP contribution in [-0.2, 0) is 4.74 Å². The molecule has 0 bridgehead atoms. The van der Waals surface area contributed by atoms with Gasteiger partial charge < -0.3 is 9.47 Å². The SMILES string of the molecule is CC(C)OC(=O)n1ccc2c(F)c(OC(C)(C)C)c(F)cc21. The summed E-state index contributed by atoms with van der Waals surface area (Å²) in [7, 11) is 0. The van der Waals surface area contributed by atoms with Crippen LogP contribution in [-0.4, -0.2) is 22.4 Å². The minimum atomic E-state index is -0.864. The molecule has 0 N–H and O–H groups in total. The molecule has 0 unspecified atom stereocenters. The Bertz CT molecular complexity index is 714. The van der Waals surface area contributed by atoms with Crippen molar-refractivity contribution in [1.29, 1.82) is 0 Å². The number of hydrogen-bond donors (Lipinski definition) is 0. The lowest BCUT2D eigenvalue weighted by molar-refractivity contribution is 0.116. The summed E-state index contributed by atoms with van der Waals surface area (Å²) in [6.45, 7) is 8.48. The molecule has 6 heteroatoms. The summed E-state index contributed by atoms with van der Waals surface area (Å²) in [6, 6.07) is 2.46. The van der Waals surface area contributed by atoms with Crippen LogP contribution in [0.15, 0.2) is 18.3 Å². The van der Waals surface area contributed by atoms with Gasteiger partial charge in [-0.3, -0.25) is 4.57 Å². The molecule has 2 rings (SSSR count). The van der Waals surface area contributed by atoms with Crippen LogP contribution >= 0.6 is 0 Å². The quantitative estimate of drug-likeness (QED) is 0.820. The first-order valence-corrected chi connectivity index (χ1v) is 6.99. The first-order chi connectivity index (χ1) is 10.1. The fraction of sp³-hybridized carbons (Fsp3) is 0.438. The Kier molecular flexibility index (Phi) is 4.13. The number of nitrogens with zero attached hydrogens (tertiary/aromatic N) is 1. The summed E-state index contributed by atoms with van der Waals surface area (Å²) in [5, 5.41) is 0.0985. The predicted octanol–water partition coefficient (Wildman–Crippen LogP) is 4.49. The highest BCUT2D eigenvalue weighted by Crippen LogP contribution is 2.32. The summed E-state index contributed by atoms with van der Waals surface area (Å²) < 4.78 is 40.1. The number of carbonyl (C=O) groups excluding carboxylic acids is 1. The van der Waals surface area contributed by atoms with Crippen LogP contribution in [0.2, 0.25) is 0 Å². The lowest BCUT2D eigenvalue weighted by Crippen LogP contribution is -2.24. The maximum absolute atomic E-state index is 14.5. The number of ether oxygens (including phenoxy) is 2. The van der Waals surface area contributed by atoms with E-state index in [9.17, 15) is 13.6 Å². The number of rotatable bonds is 2. The molecule has 0 aliphatic carbocycles. The van der Waals surface area contributed by atoms with Gasteiger partial charge in [0.05, 0.1) is 11.6 Å². The van der Waals surface area contributed by atoms with Gasteiger partial charge in [0.15, 0.2) is 17.4 Å². The molecule has 1 heterocycles. The molecule has 1 aromatic carbocycles. The first-order valence-electron chi connectivity index (χ1n) is 6.99. The van der Waals surface area contributed by atoms with E-state index in [0.29, 0.717) is 0 Å². The van der Waals surface area contributed by atoms with Gasteiger partial charge in [0.1, 0.15) is 5.60 Å². The van der Waals surface area contributed by atoms with Crippen molar-refractivity contribution in [2.24, 2.45) is 0 Å². The monoisotopic (exact) mass is 311 g/mol. The molecule has 0 atom stereocenters. The second kappa shape index (κ2) is 5.59. The van der Waals surface area contributed by atoms with E-state index in [-0.39, 0.29) is 17.0 Å². The van der Waals surface area contributed by atoms with Gasteiger partial charge in [0.25, 0.3) is 0 Å². The third-order valence-corrected chi connectivity index (χ3v) is 2.78. The van der Waals surface area contributed by atoms with E-state index in [1.54, 1.807) is 34.6 Å². The van der Waals surface area contributed by atoms with Gasteiger partial charge in [-0.25, -0.2) is 13.6 Å². The van der Waals surface area contributed by atoms with E-state index >= 15 is 0 Å². The van der Waals surface area contributed by atoms with Crippen LogP contribution in [0.5, 0.6) is 5.75 Å². The summed E-state index contributed by atoms with van der Waals surface area (Å²) >= 11 is 0. The average molecular weight is 311 g/mol. The summed E-state index contributed by atoms with van der Waals surface area (Å²) in [5.74, 6) is -2.15. The number of carbonyl (C=O) groups is 1. The van der Waals surface area contributed by atoms with E-state index in [1.165, 1.54) is 12.3 Å². The van der Waals surface area contributed by atoms with Crippen molar-refractivity contribution in [3.8, 4) is 5.75 Å². The average Bonchev–Trinajstić information content (AvgIpc) is 2.76. The zero-order chi connectivity index (χ0) is 16.7. The van der Waals surface area contributed by atoms with Crippen molar-refractivity contribution in [3.05, 3.63) is 30.0 Å². The molecule has 0 radical (unpaired) electrons. The number of benzene rings is 1. The molecule has 2 aromatic rings. The molecule has 0 saturated heterocycles. The third-order valence-electron chi connectivity index (χ3n) is 2.78. The number of fused-ring (bicyclic) bond motifs is 1. The molecule has 0 saturated carbocycles. The Balaban J connectivity index is 2.53. The van der Waals surface area contributed by atoms with Crippen LogP contribution in [0.1, 0.15) is 34.6 Å². The molecule has 0 amide bonds. The molecule has 120 valence electrons. The molecule has 4 nitrogen and oxygen atoms in total. The second-order valence-corrected chi connectivity index (χ2v) is 6.27. The number of aromatic nitrogens is 1. The summed E-state index contributed by atoms with van der Waals surface area (Å²) in [6.07, 6.45) is 0.329. The Hall–Kier alpha value is -2.11. The number of hydrogen-bond acceptors (Lipinski definition) is 3. The van der Waals surface area contributed by atoms with Crippen LogP contribution in [0, 0.1) is 11.6 Å². The molecule has 22 heavy (non-hydrogen) atoms. The Morgan fingerprint density at radius 3 is 2.45 bits per heavy atom. The largest absolute Gasteiger partial charge is 0.482 e.